The van der Waals surface area contributed by atoms with Crippen molar-refractivity contribution < 1.29 is 14.3 Å². The molecule has 0 spiro atoms. The van der Waals surface area contributed by atoms with Crippen LogP contribution in [0.25, 0.3) is 0 Å². The van der Waals surface area contributed by atoms with Crippen LogP contribution in [-0.4, -0.2) is 11.8 Å². The van der Waals surface area contributed by atoms with E-state index in [2.05, 4.69) is 24.1 Å². The Morgan fingerprint density at radius 1 is 0.943 bits per heavy atom. The average molecular weight is 485 g/mol. The van der Waals surface area contributed by atoms with E-state index < -0.39 is 12.3 Å². The second-order valence-corrected chi connectivity index (χ2v) is 10.6. The number of allylic oxidation sites excluding steroid dienone is 1. The number of benzene rings is 3. The van der Waals surface area contributed by atoms with Crippen molar-refractivity contribution in [2.24, 2.45) is 5.41 Å². The van der Waals surface area contributed by atoms with Gasteiger partial charge in [-0.05, 0) is 47.7 Å². The maximum atomic E-state index is 13.8. The molecule has 2 aliphatic heterocycles. The number of nitrogens with zero attached hydrogens (tertiary/aromatic N) is 1. The van der Waals surface area contributed by atoms with E-state index in [1.165, 1.54) is 0 Å². The highest BCUT2D eigenvalue weighted by atomic mass is 35.5. The second kappa shape index (κ2) is 7.99. The number of carbonyl (C=O) groups excluding carboxylic acids is 2. The molecule has 0 saturated heterocycles. The monoisotopic (exact) mass is 484 g/mol. The van der Waals surface area contributed by atoms with Gasteiger partial charge in [-0.25, -0.2) is 4.79 Å². The van der Waals surface area contributed by atoms with Crippen LogP contribution in [0.1, 0.15) is 60.4 Å². The fraction of sp³-hybridized carbons (Fsp3) is 0.241. The van der Waals surface area contributed by atoms with Crippen molar-refractivity contribution in [2.45, 2.75) is 39.0 Å². The van der Waals surface area contributed by atoms with E-state index in [9.17, 15) is 9.59 Å². The summed E-state index contributed by atoms with van der Waals surface area (Å²) in [6.45, 7) is 4.24. The number of Topliss-reactive ketones (excluding diaryl/α,β-unsaturated/α-hetero) is 1. The molecule has 5 nitrogen and oxygen atoms in total. The number of fused-ring (bicyclic) bond motifs is 2. The Morgan fingerprint density at radius 2 is 1.66 bits per heavy atom. The number of cyclic esters (lactones) is 1. The Kier molecular flexibility index (Phi) is 5.01. The van der Waals surface area contributed by atoms with Crippen LogP contribution in [0.3, 0.4) is 0 Å². The topological polar surface area (TPSA) is 58.6 Å². The zero-order valence-corrected chi connectivity index (χ0v) is 20.3. The molecule has 35 heavy (non-hydrogen) atoms. The van der Waals surface area contributed by atoms with Crippen LogP contribution in [0.15, 0.2) is 84.1 Å². The third kappa shape index (κ3) is 3.62. The molecule has 6 rings (SSSR count). The number of esters is 1. The predicted molar refractivity (Wildman–Crippen MR) is 136 cm³/mol. The van der Waals surface area contributed by atoms with E-state index in [0.717, 1.165) is 34.6 Å². The summed E-state index contributed by atoms with van der Waals surface area (Å²) in [5.41, 5.74) is 5.45. The van der Waals surface area contributed by atoms with Crippen LogP contribution in [-0.2, 0) is 9.53 Å². The average Bonchev–Trinajstić information content (AvgIpc) is 3.07. The lowest BCUT2D eigenvalue weighted by atomic mass is 9.73. The van der Waals surface area contributed by atoms with Crippen molar-refractivity contribution in [1.82, 2.24) is 0 Å². The predicted octanol–water partition coefficient (Wildman–Crippen LogP) is 6.83. The molecule has 0 fully saturated rings. The largest absolute Gasteiger partial charge is 0.433 e. The highest BCUT2D eigenvalue weighted by molar-refractivity contribution is 6.30. The Hall–Kier alpha value is -3.57. The van der Waals surface area contributed by atoms with E-state index in [0.29, 0.717) is 22.6 Å². The molecule has 2 heterocycles. The van der Waals surface area contributed by atoms with Gasteiger partial charge in [0.15, 0.2) is 5.78 Å². The molecule has 6 heteroatoms. The number of hydrogen-bond donors (Lipinski definition) is 1. The minimum Gasteiger partial charge on any atom is -0.433 e. The van der Waals surface area contributed by atoms with Gasteiger partial charge in [0.05, 0.1) is 23.0 Å². The Balaban J connectivity index is 1.64. The molecule has 176 valence electrons. The number of para-hydroxylation sites is 2. The summed E-state index contributed by atoms with van der Waals surface area (Å²) in [5, 5.41) is 4.22. The van der Waals surface area contributed by atoms with E-state index >= 15 is 0 Å². The van der Waals surface area contributed by atoms with Gasteiger partial charge in [0, 0.05) is 28.3 Å². The van der Waals surface area contributed by atoms with Crippen molar-refractivity contribution in [1.29, 1.82) is 0 Å². The molecule has 0 saturated carbocycles. The minimum absolute atomic E-state index is 0.0964. The van der Waals surface area contributed by atoms with E-state index in [4.69, 9.17) is 16.3 Å². The highest BCUT2D eigenvalue weighted by Gasteiger charge is 2.46. The van der Waals surface area contributed by atoms with Crippen molar-refractivity contribution in [3.05, 3.63) is 106 Å². The van der Waals surface area contributed by atoms with Crippen molar-refractivity contribution >= 4 is 34.7 Å². The van der Waals surface area contributed by atoms with Crippen LogP contribution < -0.4 is 10.2 Å². The van der Waals surface area contributed by atoms with E-state index in [1.807, 2.05) is 66.7 Å². The summed E-state index contributed by atoms with van der Waals surface area (Å²) in [7, 11) is 0. The number of rotatable bonds is 2. The number of anilines is 2. The first kappa shape index (κ1) is 21.9. The van der Waals surface area contributed by atoms with Gasteiger partial charge in [0.25, 0.3) is 0 Å². The smallest absolute Gasteiger partial charge is 0.340 e. The lowest BCUT2D eigenvalue weighted by Gasteiger charge is -2.40. The third-order valence-corrected chi connectivity index (χ3v) is 7.30. The summed E-state index contributed by atoms with van der Waals surface area (Å²) >= 11 is 6.24. The molecule has 1 aliphatic carbocycles. The summed E-state index contributed by atoms with van der Waals surface area (Å²) < 4.78 is 6.01. The van der Waals surface area contributed by atoms with Crippen molar-refractivity contribution in [3.8, 4) is 0 Å². The van der Waals surface area contributed by atoms with Crippen LogP contribution in [0.5, 0.6) is 0 Å². The van der Waals surface area contributed by atoms with Crippen LogP contribution in [0, 0.1) is 5.41 Å². The summed E-state index contributed by atoms with van der Waals surface area (Å²) in [6.07, 6.45) is 0.501. The molecular formula is C29H25ClN2O3. The van der Waals surface area contributed by atoms with Gasteiger partial charge < -0.3 is 15.0 Å². The molecular weight excluding hydrogens is 460 g/mol. The molecule has 0 radical (unpaired) electrons. The Labute approximate surface area is 209 Å². The molecule has 3 aliphatic rings. The van der Waals surface area contributed by atoms with E-state index in [1.54, 1.807) is 6.07 Å². The maximum absolute atomic E-state index is 13.8. The first-order valence-electron chi connectivity index (χ1n) is 11.8. The number of halogens is 1. The standard InChI is InChI=1S/C29H25ClN2O3/c1-29(2)15-22-25(24(33)16-29)26(17-11-13-18(30)14-12-17)32(23-10-6-5-9-21(23)31-22)27-19-7-3-4-8-20(19)28(34)35-27/h3-14,26-27,31H,15-16H2,1-2H3. The number of carbonyl (C=O) groups is 2. The Morgan fingerprint density at radius 3 is 2.46 bits per heavy atom. The molecule has 3 aromatic rings. The van der Waals surface area contributed by atoms with Gasteiger partial charge in [0.1, 0.15) is 0 Å². The van der Waals surface area contributed by atoms with Crippen LogP contribution in [0.2, 0.25) is 5.02 Å². The SMILES string of the molecule is CC1(C)CC(=O)C2=C(C1)Nc1ccccc1N(C1OC(=O)c3ccccc31)C2c1ccc(Cl)cc1. The van der Waals surface area contributed by atoms with E-state index in [-0.39, 0.29) is 17.2 Å². The van der Waals surface area contributed by atoms with Crippen molar-refractivity contribution in [3.63, 3.8) is 0 Å². The molecule has 2 atom stereocenters. The molecule has 0 amide bonds. The van der Waals surface area contributed by atoms with Gasteiger partial charge in [0.2, 0.25) is 6.23 Å². The first-order valence-corrected chi connectivity index (χ1v) is 12.2. The zero-order valence-electron chi connectivity index (χ0n) is 19.5. The molecule has 1 N–H and O–H groups in total. The normalized spacial score (nSPS) is 22.5. The number of hydrogen-bond acceptors (Lipinski definition) is 5. The second-order valence-electron chi connectivity index (χ2n) is 10.2. The molecule has 2 unspecified atom stereocenters. The summed E-state index contributed by atoms with van der Waals surface area (Å²) in [4.78, 5) is 28.8. The zero-order chi connectivity index (χ0) is 24.3. The van der Waals surface area contributed by atoms with Gasteiger partial charge in [-0.1, -0.05) is 67.9 Å². The number of ether oxygens (including phenoxy) is 1. The fourth-order valence-electron chi connectivity index (χ4n) is 5.58. The van der Waals surface area contributed by atoms with Crippen molar-refractivity contribution in [2.75, 3.05) is 10.2 Å². The van der Waals surface area contributed by atoms with Gasteiger partial charge >= 0.3 is 5.97 Å². The van der Waals surface area contributed by atoms with Gasteiger partial charge in [-0.15, -0.1) is 0 Å². The van der Waals surface area contributed by atoms with Crippen LogP contribution >= 0.6 is 11.6 Å². The minimum atomic E-state index is -0.683. The number of nitrogens with one attached hydrogen (secondary N) is 1. The molecule has 0 aromatic heterocycles. The van der Waals surface area contributed by atoms with Gasteiger partial charge in [-0.2, -0.15) is 0 Å². The molecule has 0 bridgehead atoms. The van der Waals surface area contributed by atoms with Gasteiger partial charge in [-0.3, -0.25) is 4.79 Å². The Bertz CT molecular complexity index is 1390. The quantitative estimate of drug-likeness (QED) is 0.404. The highest BCUT2D eigenvalue weighted by Crippen LogP contribution is 2.52. The molecule has 3 aromatic carbocycles. The lowest BCUT2D eigenvalue weighted by molar-refractivity contribution is -0.118. The maximum Gasteiger partial charge on any atom is 0.340 e. The lowest BCUT2D eigenvalue weighted by Crippen LogP contribution is -2.38. The first-order chi connectivity index (χ1) is 16.8. The van der Waals surface area contributed by atoms with Crippen LogP contribution in [0.4, 0.5) is 11.4 Å². The number of ketones is 1. The summed E-state index contributed by atoms with van der Waals surface area (Å²) in [5.74, 6) is -0.264. The fourth-order valence-corrected chi connectivity index (χ4v) is 5.70. The summed E-state index contributed by atoms with van der Waals surface area (Å²) in [6, 6.07) is 22.5. The third-order valence-electron chi connectivity index (χ3n) is 7.04.